The molecule has 0 fully saturated rings. The second-order valence-electron chi connectivity index (χ2n) is 3.71. The third kappa shape index (κ3) is 2.91. The minimum Gasteiger partial charge on any atom is -0.456 e. The molecule has 0 atom stereocenters. The van der Waals surface area contributed by atoms with Crippen LogP contribution in [0.3, 0.4) is 0 Å². The van der Waals surface area contributed by atoms with E-state index in [0.29, 0.717) is 23.6 Å². The lowest BCUT2D eigenvalue weighted by Crippen LogP contribution is -1.99. The Morgan fingerprint density at radius 1 is 1.17 bits per heavy atom. The molecule has 2 rings (SSSR count). The smallest absolute Gasteiger partial charge is 0.180 e. The van der Waals surface area contributed by atoms with E-state index in [-0.39, 0.29) is 11.6 Å². The Labute approximate surface area is 104 Å². The first-order chi connectivity index (χ1) is 8.69. The fourth-order valence-electron chi connectivity index (χ4n) is 1.43. The molecule has 92 valence electrons. The topological polar surface area (TPSA) is 39.2 Å². The van der Waals surface area contributed by atoms with E-state index in [2.05, 4.69) is 4.98 Å². The number of pyridine rings is 1. The van der Waals surface area contributed by atoms with Crippen molar-refractivity contribution in [2.24, 2.45) is 0 Å². The molecule has 2 aromatic rings. The van der Waals surface area contributed by atoms with Crippen LogP contribution in [0.15, 0.2) is 42.6 Å². The van der Waals surface area contributed by atoms with Gasteiger partial charge in [-0.05, 0) is 36.4 Å². The maximum atomic E-state index is 12.7. The quantitative estimate of drug-likeness (QED) is 0.772. The summed E-state index contributed by atoms with van der Waals surface area (Å²) in [7, 11) is 0. The molecular formula is C14H12FNO2. The molecule has 0 radical (unpaired) electrons. The third-order valence-electron chi connectivity index (χ3n) is 2.39. The number of rotatable bonds is 4. The van der Waals surface area contributed by atoms with Gasteiger partial charge in [0, 0.05) is 6.42 Å². The predicted molar refractivity (Wildman–Crippen MR) is 65.3 cm³/mol. The molecule has 0 bridgehead atoms. The molecule has 4 heteroatoms. The fraction of sp³-hybridized carbons (Fsp3) is 0.143. The van der Waals surface area contributed by atoms with Gasteiger partial charge in [0.25, 0.3) is 0 Å². The lowest BCUT2D eigenvalue weighted by molar-refractivity contribution is 0.0983. The van der Waals surface area contributed by atoms with Gasteiger partial charge in [-0.15, -0.1) is 0 Å². The second kappa shape index (κ2) is 5.40. The summed E-state index contributed by atoms with van der Waals surface area (Å²) in [5, 5.41) is 0. The summed E-state index contributed by atoms with van der Waals surface area (Å²) in [5.74, 6) is 0.703. The number of halogens is 1. The van der Waals surface area contributed by atoms with Gasteiger partial charge in [0.1, 0.15) is 23.0 Å². The number of aromatic nitrogens is 1. The minimum atomic E-state index is -0.315. The number of carbonyl (C=O) groups excluding carboxylic acids is 1. The van der Waals surface area contributed by atoms with Gasteiger partial charge in [-0.3, -0.25) is 4.79 Å². The minimum absolute atomic E-state index is 0.0108. The van der Waals surface area contributed by atoms with Crippen molar-refractivity contribution in [2.45, 2.75) is 13.3 Å². The lowest BCUT2D eigenvalue weighted by Gasteiger charge is -2.05. The Morgan fingerprint density at radius 2 is 1.83 bits per heavy atom. The highest BCUT2D eigenvalue weighted by Crippen LogP contribution is 2.20. The molecule has 0 saturated heterocycles. The van der Waals surface area contributed by atoms with Crippen molar-refractivity contribution in [1.29, 1.82) is 0 Å². The normalized spacial score (nSPS) is 10.1. The van der Waals surface area contributed by atoms with E-state index in [1.807, 2.05) is 0 Å². The number of ether oxygens (including phenoxy) is 1. The van der Waals surface area contributed by atoms with Crippen molar-refractivity contribution < 1.29 is 13.9 Å². The molecule has 0 saturated carbocycles. The van der Waals surface area contributed by atoms with Gasteiger partial charge in [-0.2, -0.15) is 0 Å². The Balaban J connectivity index is 2.10. The van der Waals surface area contributed by atoms with Gasteiger partial charge in [-0.25, -0.2) is 9.37 Å². The number of hydrogen-bond acceptors (Lipinski definition) is 3. The van der Waals surface area contributed by atoms with Crippen LogP contribution >= 0.6 is 0 Å². The van der Waals surface area contributed by atoms with E-state index in [0.717, 1.165) is 0 Å². The maximum Gasteiger partial charge on any atom is 0.180 e. The number of ketones is 1. The molecular weight excluding hydrogens is 233 g/mol. The summed E-state index contributed by atoms with van der Waals surface area (Å²) in [6.45, 7) is 1.78. The van der Waals surface area contributed by atoms with Gasteiger partial charge in [0.15, 0.2) is 5.78 Å². The summed E-state index contributed by atoms with van der Waals surface area (Å²) < 4.78 is 18.2. The van der Waals surface area contributed by atoms with Crippen molar-refractivity contribution >= 4 is 5.78 Å². The van der Waals surface area contributed by atoms with Crippen LogP contribution in [0.5, 0.6) is 11.5 Å². The first-order valence-corrected chi connectivity index (χ1v) is 5.61. The maximum absolute atomic E-state index is 12.7. The molecule has 0 amide bonds. The van der Waals surface area contributed by atoms with Crippen molar-refractivity contribution in [3.8, 4) is 11.5 Å². The number of nitrogens with zero attached hydrogens (tertiary/aromatic N) is 1. The van der Waals surface area contributed by atoms with Crippen LogP contribution in [0.2, 0.25) is 0 Å². The van der Waals surface area contributed by atoms with Crippen LogP contribution < -0.4 is 4.74 Å². The van der Waals surface area contributed by atoms with Crippen LogP contribution in [0.4, 0.5) is 4.39 Å². The first kappa shape index (κ1) is 12.2. The Hall–Kier alpha value is -2.23. The molecule has 18 heavy (non-hydrogen) atoms. The zero-order valence-electron chi connectivity index (χ0n) is 9.89. The Kier molecular flexibility index (Phi) is 3.67. The van der Waals surface area contributed by atoms with Gasteiger partial charge >= 0.3 is 0 Å². The number of hydrogen-bond donors (Lipinski definition) is 0. The van der Waals surface area contributed by atoms with Crippen molar-refractivity contribution in [1.82, 2.24) is 4.98 Å². The van der Waals surface area contributed by atoms with Crippen LogP contribution in [-0.4, -0.2) is 10.8 Å². The van der Waals surface area contributed by atoms with Gasteiger partial charge < -0.3 is 4.74 Å². The highest BCUT2D eigenvalue weighted by molar-refractivity contribution is 5.93. The molecule has 0 aliphatic rings. The molecule has 0 N–H and O–H groups in total. The number of Topliss-reactive ketones (excluding diaryl/α,β-unsaturated/α-hetero) is 1. The largest absolute Gasteiger partial charge is 0.456 e. The molecule has 3 nitrogen and oxygen atoms in total. The van der Waals surface area contributed by atoms with Crippen molar-refractivity contribution in [3.05, 3.63) is 54.1 Å². The Bertz CT molecular complexity index is 535. The second-order valence-corrected chi connectivity index (χ2v) is 3.71. The highest BCUT2D eigenvalue weighted by atomic mass is 19.1. The monoisotopic (exact) mass is 245 g/mol. The molecule has 0 spiro atoms. The summed E-state index contributed by atoms with van der Waals surface area (Å²) in [6.07, 6.45) is 1.90. The molecule has 0 unspecified atom stereocenters. The summed E-state index contributed by atoms with van der Waals surface area (Å²) in [5.41, 5.74) is 0.420. The zero-order chi connectivity index (χ0) is 13.0. The van der Waals surface area contributed by atoms with E-state index in [9.17, 15) is 9.18 Å². The first-order valence-electron chi connectivity index (χ1n) is 5.61. The van der Waals surface area contributed by atoms with E-state index in [1.165, 1.54) is 30.5 Å². The van der Waals surface area contributed by atoms with E-state index < -0.39 is 0 Å². The summed E-state index contributed by atoms with van der Waals surface area (Å²) >= 11 is 0. The fourth-order valence-corrected chi connectivity index (χ4v) is 1.43. The number of carbonyl (C=O) groups is 1. The average Bonchev–Trinajstić information content (AvgIpc) is 2.41. The molecule has 1 aromatic heterocycles. The van der Waals surface area contributed by atoms with Crippen LogP contribution in [0.1, 0.15) is 23.8 Å². The van der Waals surface area contributed by atoms with Crippen LogP contribution in [0.25, 0.3) is 0 Å². The van der Waals surface area contributed by atoms with E-state index in [1.54, 1.807) is 19.1 Å². The standard InChI is InChI=1S/C14H12FNO2/c1-2-14(17)13-8-7-12(9-16-13)18-11-5-3-10(15)4-6-11/h3-9H,2H2,1H3. The van der Waals surface area contributed by atoms with E-state index in [4.69, 9.17) is 4.74 Å². The predicted octanol–water partition coefficient (Wildman–Crippen LogP) is 3.61. The average molecular weight is 245 g/mol. The van der Waals surface area contributed by atoms with Crippen LogP contribution in [0, 0.1) is 5.82 Å². The van der Waals surface area contributed by atoms with Gasteiger partial charge in [0.2, 0.25) is 0 Å². The third-order valence-corrected chi connectivity index (χ3v) is 2.39. The molecule has 1 aromatic carbocycles. The SMILES string of the molecule is CCC(=O)c1ccc(Oc2ccc(F)cc2)cn1. The summed E-state index contributed by atoms with van der Waals surface area (Å²) in [4.78, 5) is 15.4. The lowest BCUT2D eigenvalue weighted by atomic mass is 10.2. The van der Waals surface area contributed by atoms with Gasteiger partial charge in [0.05, 0.1) is 6.20 Å². The van der Waals surface area contributed by atoms with Crippen LogP contribution in [-0.2, 0) is 0 Å². The zero-order valence-corrected chi connectivity index (χ0v) is 9.89. The Morgan fingerprint density at radius 3 is 2.39 bits per heavy atom. The molecule has 0 aliphatic carbocycles. The summed E-state index contributed by atoms with van der Waals surface area (Å²) in [6, 6.07) is 8.97. The molecule has 0 aliphatic heterocycles. The highest BCUT2D eigenvalue weighted by Gasteiger charge is 2.05. The van der Waals surface area contributed by atoms with E-state index >= 15 is 0 Å². The molecule has 1 heterocycles. The van der Waals surface area contributed by atoms with Crippen molar-refractivity contribution in [2.75, 3.05) is 0 Å². The van der Waals surface area contributed by atoms with Crippen molar-refractivity contribution in [3.63, 3.8) is 0 Å². The number of benzene rings is 1. The van der Waals surface area contributed by atoms with Gasteiger partial charge in [-0.1, -0.05) is 6.92 Å².